The summed E-state index contributed by atoms with van der Waals surface area (Å²) in [5.74, 6) is -0.831. The maximum absolute atomic E-state index is 12.6. The van der Waals surface area contributed by atoms with Gasteiger partial charge in [-0.25, -0.2) is 8.42 Å². The molecule has 8 nitrogen and oxygen atoms in total. The quantitative estimate of drug-likeness (QED) is 0.484. The Kier molecular flexibility index (Phi) is 6.64. The molecule has 1 aliphatic heterocycles. The van der Waals surface area contributed by atoms with E-state index in [2.05, 4.69) is 15.0 Å². The number of halogens is 2. The molecule has 30 heavy (non-hydrogen) atoms. The van der Waals surface area contributed by atoms with Crippen molar-refractivity contribution in [2.45, 2.75) is 48.3 Å². The third-order valence-corrected chi connectivity index (χ3v) is 7.58. The summed E-state index contributed by atoms with van der Waals surface area (Å²) in [6, 6.07) is 5.78. The third-order valence-electron chi connectivity index (χ3n) is 5.10. The Hall–Kier alpha value is -1.84. The topological polar surface area (TPSA) is 114 Å². The molecule has 1 heterocycles. The van der Waals surface area contributed by atoms with Crippen molar-refractivity contribution < 1.29 is 22.7 Å². The molecule has 1 atom stereocenters. The van der Waals surface area contributed by atoms with Crippen molar-refractivity contribution in [1.29, 1.82) is 0 Å². The standard InChI is InChI=1S/C19H23Cl2N3O5S/c1-18(12-19(18,20)21)17(26)29-11-16(25)23-13-6-5-7-14(10-13)30(27,28)24-15-8-3-2-4-9-22-15/h5-7,10H,2-4,8-9,11-12H2,1H3,(H,22,24)(H,23,25). The summed E-state index contributed by atoms with van der Waals surface area (Å²) in [6.07, 6.45) is 3.65. The fraction of sp³-hybridized carbons (Fsp3) is 0.526. The Labute approximate surface area is 185 Å². The maximum atomic E-state index is 12.6. The predicted octanol–water partition coefficient (Wildman–Crippen LogP) is 3.00. The average molecular weight is 476 g/mol. The summed E-state index contributed by atoms with van der Waals surface area (Å²) in [5.41, 5.74) is -0.778. The van der Waals surface area contributed by atoms with Gasteiger partial charge in [0.1, 0.15) is 15.6 Å². The number of hydrogen-bond donors (Lipinski definition) is 2. The second-order valence-electron chi connectivity index (χ2n) is 7.61. The van der Waals surface area contributed by atoms with Gasteiger partial charge in [-0.15, -0.1) is 23.2 Å². The molecule has 2 aliphatic rings. The molecule has 1 amide bonds. The molecule has 0 saturated heterocycles. The van der Waals surface area contributed by atoms with E-state index in [-0.39, 0.29) is 17.0 Å². The smallest absolute Gasteiger partial charge is 0.315 e. The van der Waals surface area contributed by atoms with Crippen LogP contribution < -0.4 is 10.0 Å². The van der Waals surface area contributed by atoms with Crippen molar-refractivity contribution in [2.75, 3.05) is 18.5 Å². The van der Waals surface area contributed by atoms with Crippen molar-refractivity contribution in [1.82, 2.24) is 4.72 Å². The van der Waals surface area contributed by atoms with Gasteiger partial charge in [-0.1, -0.05) is 12.5 Å². The second-order valence-corrected chi connectivity index (χ2v) is 10.8. The molecule has 1 aliphatic carbocycles. The van der Waals surface area contributed by atoms with E-state index >= 15 is 0 Å². The third kappa shape index (κ3) is 5.25. The van der Waals surface area contributed by atoms with Crippen LogP contribution in [0.2, 0.25) is 0 Å². The van der Waals surface area contributed by atoms with Crippen molar-refractivity contribution >= 4 is 56.6 Å². The SMILES string of the molecule is CC1(C(=O)OCC(=O)Nc2cccc(S(=O)(=O)NC3=NCCCCC3)c2)CC1(Cl)Cl. The number of carbonyl (C=O) groups is 2. The largest absolute Gasteiger partial charge is 0.455 e. The van der Waals surface area contributed by atoms with Crippen LogP contribution in [0.4, 0.5) is 5.69 Å². The van der Waals surface area contributed by atoms with Gasteiger partial charge in [0.05, 0.1) is 4.90 Å². The molecule has 0 spiro atoms. The lowest BCUT2D eigenvalue weighted by Crippen LogP contribution is -2.30. The summed E-state index contributed by atoms with van der Waals surface area (Å²) in [7, 11) is -3.83. The highest BCUT2D eigenvalue weighted by Crippen LogP contribution is 2.64. The molecule has 0 aromatic heterocycles. The van der Waals surface area contributed by atoms with Gasteiger partial charge in [-0.05, 0) is 38.0 Å². The molecule has 3 rings (SSSR count). The van der Waals surface area contributed by atoms with Gasteiger partial charge in [0.25, 0.3) is 15.9 Å². The van der Waals surface area contributed by atoms with Crippen LogP contribution in [0.1, 0.15) is 39.0 Å². The highest BCUT2D eigenvalue weighted by atomic mass is 35.5. The van der Waals surface area contributed by atoms with Gasteiger partial charge in [-0.2, -0.15) is 0 Å². The minimum atomic E-state index is -3.83. The first-order valence-electron chi connectivity index (χ1n) is 9.55. The zero-order valence-electron chi connectivity index (χ0n) is 16.4. The van der Waals surface area contributed by atoms with E-state index in [1.807, 2.05) is 0 Å². The van der Waals surface area contributed by atoms with Gasteiger partial charge in [-0.3, -0.25) is 19.3 Å². The number of amides is 1. The Morgan fingerprint density at radius 3 is 2.67 bits per heavy atom. The highest BCUT2D eigenvalue weighted by Gasteiger charge is 2.69. The molecule has 1 fully saturated rings. The Bertz CT molecular complexity index is 980. The van der Waals surface area contributed by atoms with E-state index in [1.165, 1.54) is 24.3 Å². The zero-order valence-corrected chi connectivity index (χ0v) is 18.7. The molecule has 2 N–H and O–H groups in total. The number of rotatable bonds is 6. The van der Waals surface area contributed by atoms with E-state index in [0.717, 1.165) is 19.3 Å². The first-order chi connectivity index (χ1) is 14.0. The fourth-order valence-electron chi connectivity index (χ4n) is 3.02. The Morgan fingerprint density at radius 2 is 1.97 bits per heavy atom. The lowest BCUT2D eigenvalue weighted by molar-refractivity contribution is -0.152. The van der Waals surface area contributed by atoms with Crippen molar-refractivity contribution in [3.05, 3.63) is 24.3 Å². The number of amidine groups is 1. The van der Waals surface area contributed by atoms with Crippen LogP contribution in [0.5, 0.6) is 0 Å². The molecule has 1 aromatic carbocycles. The number of sulfonamides is 1. The van der Waals surface area contributed by atoms with E-state index < -0.39 is 38.3 Å². The average Bonchev–Trinajstić information content (AvgIpc) is 3.30. The van der Waals surface area contributed by atoms with E-state index in [1.54, 1.807) is 6.92 Å². The van der Waals surface area contributed by atoms with Crippen LogP contribution in [0.15, 0.2) is 34.2 Å². The molecule has 0 radical (unpaired) electrons. The zero-order chi connectivity index (χ0) is 22.0. The number of hydrogen-bond acceptors (Lipinski definition) is 6. The fourth-order valence-corrected chi connectivity index (χ4v) is 4.84. The first kappa shape index (κ1) is 22.8. The number of nitrogens with zero attached hydrogens (tertiary/aromatic N) is 1. The summed E-state index contributed by atoms with van der Waals surface area (Å²) < 4.78 is 31.6. The summed E-state index contributed by atoms with van der Waals surface area (Å²) in [6.45, 7) is 1.62. The number of anilines is 1. The van der Waals surface area contributed by atoms with Gasteiger partial charge in [0.15, 0.2) is 6.61 Å². The van der Waals surface area contributed by atoms with Crippen molar-refractivity contribution in [3.63, 3.8) is 0 Å². The Balaban J connectivity index is 1.59. The molecule has 164 valence electrons. The van der Waals surface area contributed by atoms with E-state index in [0.29, 0.717) is 18.8 Å². The van der Waals surface area contributed by atoms with E-state index in [9.17, 15) is 18.0 Å². The summed E-state index contributed by atoms with van der Waals surface area (Å²) in [5, 5.41) is 2.51. The summed E-state index contributed by atoms with van der Waals surface area (Å²) in [4.78, 5) is 28.4. The van der Waals surface area contributed by atoms with Crippen LogP contribution >= 0.6 is 23.2 Å². The normalized spacial score (nSPS) is 23.0. The monoisotopic (exact) mass is 475 g/mol. The van der Waals surface area contributed by atoms with Crippen LogP contribution in [-0.4, -0.2) is 43.6 Å². The van der Waals surface area contributed by atoms with Gasteiger partial charge in [0, 0.05) is 25.1 Å². The molecular weight excluding hydrogens is 453 g/mol. The number of ether oxygens (including phenoxy) is 1. The number of carbonyl (C=O) groups excluding carboxylic acids is 2. The highest BCUT2D eigenvalue weighted by molar-refractivity contribution is 7.90. The molecule has 1 unspecified atom stereocenters. The molecular formula is C19H23Cl2N3O5S. The lowest BCUT2D eigenvalue weighted by Gasteiger charge is -2.13. The van der Waals surface area contributed by atoms with Gasteiger partial charge in [0.2, 0.25) is 0 Å². The predicted molar refractivity (Wildman–Crippen MR) is 114 cm³/mol. The van der Waals surface area contributed by atoms with Crippen molar-refractivity contribution in [2.24, 2.45) is 10.4 Å². The van der Waals surface area contributed by atoms with Crippen molar-refractivity contribution in [3.8, 4) is 0 Å². The van der Waals surface area contributed by atoms with Crippen LogP contribution in [0.3, 0.4) is 0 Å². The molecule has 11 heteroatoms. The van der Waals surface area contributed by atoms with Gasteiger partial charge < -0.3 is 10.1 Å². The van der Waals surface area contributed by atoms with Crippen LogP contribution in [0, 0.1) is 5.41 Å². The molecule has 0 bridgehead atoms. The first-order valence-corrected chi connectivity index (χ1v) is 11.8. The second kappa shape index (κ2) is 8.72. The summed E-state index contributed by atoms with van der Waals surface area (Å²) >= 11 is 11.8. The van der Waals surface area contributed by atoms with Crippen LogP contribution in [0.25, 0.3) is 0 Å². The number of esters is 1. The number of nitrogens with one attached hydrogen (secondary N) is 2. The number of alkyl halides is 2. The van der Waals surface area contributed by atoms with Crippen LogP contribution in [-0.2, 0) is 24.3 Å². The minimum absolute atomic E-state index is 0.0104. The Morgan fingerprint density at radius 1 is 1.23 bits per heavy atom. The van der Waals surface area contributed by atoms with Gasteiger partial charge >= 0.3 is 5.97 Å². The molecule has 1 saturated carbocycles. The van der Waals surface area contributed by atoms with E-state index in [4.69, 9.17) is 27.9 Å². The number of benzene rings is 1. The lowest BCUT2D eigenvalue weighted by atomic mass is 10.1. The minimum Gasteiger partial charge on any atom is -0.455 e. The number of aliphatic imine (C=N–C) groups is 1. The maximum Gasteiger partial charge on any atom is 0.315 e. The molecule has 1 aromatic rings.